The van der Waals surface area contributed by atoms with Crippen LogP contribution in [0.5, 0.6) is 0 Å². The van der Waals surface area contributed by atoms with Crippen molar-refractivity contribution in [3.63, 3.8) is 0 Å². The average molecular weight is 344 g/mol. The van der Waals surface area contributed by atoms with Gasteiger partial charge < -0.3 is 9.80 Å². The van der Waals surface area contributed by atoms with E-state index in [-0.39, 0.29) is 24.9 Å². The number of rotatable bonds is 3. The van der Waals surface area contributed by atoms with E-state index in [2.05, 4.69) is 4.98 Å². The third kappa shape index (κ3) is 4.83. The molecule has 5 nitrogen and oxygen atoms in total. The summed E-state index contributed by atoms with van der Waals surface area (Å²) in [7, 11) is 3.67. The molecule has 2 rings (SSSR count). The minimum Gasteiger partial charge on any atom is -0.377 e. The van der Waals surface area contributed by atoms with Crippen LogP contribution in [0.1, 0.15) is 17.3 Å². The molecule has 8 heteroatoms. The second kappa shape index (κ2) is 7.38. The number of anilines is 1. The predicted molar refractivity (Wildman–Crippen MR) is 86.1 cm³/mol. The van der Waals surface area contributed by atoms with Crippen molar-refractivity contribution >= 4 is 11.6 Å². The third-order valence-corrected chi connectivity index (χ3v) is 3.99. The van der Waals surface area contributed by atoms with Gasteiger partial charge in [0.25, 0.3) is 5.91 Å². The van der Waals surface area contributed by atoms with Crippen LogP contribution in [-0.4, -0.2) is 73.7 Å². The lowest BCUT2D eigenvalue weighted by atomic mass is 10.1. The molecule has 1 aliphatic heterocycles. The van der Waals surface area contributed by atoms with Gasteiger partial charge in [0, 0.05) is 52.7 Å². The molecule has 1 atom stereocenters. The summed E-state index contributed by atoms with van der Waals surface area (Å²) in [5.41, 5.74) is 1.22. The Morgan fingerprint density at radius 1 is 1.33 bits per heavy atom. The quantitative estimate of drug-likeness (QED) is 0.842. The maximum atomic E-state index is 12.8. The highest BCUT2D eigenvalue weighted by Gasteiger charge is 2.33. The standard InChI is InChI=1S/C16H23F3N4O/c1-12-9-22(11-16(17,18)19)6-7-23(10-12)15(24)13-8-20-5-4-14(13)21(2)3/h4-5,8,12H,6-7,9-11H2,1-3H3. The zero-order valence-corrected chi connectivity index (χ0v) is 14.2. The van der Waals surface area contributed by atoms with Gasteiger partial charge in [0.15, 0.2) is 0 Å². The normalized spacial score (nSPS) is 19.9. The smallest absolute Gasteiger partial charge is 0.377 e. The third-order valence-electron chi connectivity index (χ3n) is 3.99. The summed E-state index contributed by atoms with van der Waals surface area (Å²) in [5.74, 6) is -0.217. The topological polar surface area (TPSA) is 39.7 Å². The van der Waals surface area contributed by atoms with E-state index in [4.69, 9.17) is 0 Å². The molecule has 1 amide bonds. The Morgan fingerprint density at radius 3 is 2.67 bits per heavy atom. The molecule has 1 aromatic rings. The van der Waals surface area contributed by atoms with Crippen LogP contribution in [0.15, 0.2) is 18.5 Å². The Morgan fingerprint density at radius 2 is 2.04 bits per heavy atom. The Kier molecular flexibility index (Phi) is 5.69. The average Bonchev–Trinajstić information content (AvgIpc) is 2.66. The highest BCUT2D eigenvalue weighted by atomic mass is 19.4. The molecule has 1 fully saturated rings. The lowest BCUT2D eigenvalue weighted by molar-refractivity contribution is -0.146. The van der Waals surface area contributed by atoms with Crippen LogP contribution in [0.2, 0.25) is 0 Å². The Labute approximate surface area is 140 Å². The van der Waals surface area contributed by atoms with Gasteiger partial charge in [0.05, 0.1) is 17.8 Å². The number of hydrogen-bond acceptors (Lipinski definition) is 4. The first-order valence-electron chi connectivity index (χ1n) is 7.87. The van der Waals surface area contributed by atoms with E-state index >= 15 is 0 Å². The van der Waals surface area contributed by atoms with E-state index in [0.717, 1.165) is 5.69 Å². The van der Waals surface area contributed by atoms with Crippen LogP contribution in [-0.2, 0) is 0 Å². The zero-order valence-electron chi connectivity index (χ0n) is 14.2. The number of amides is 1. The minimum absolute atomic E-state index is 0.0294. The molecule has 1 aromatic heterocycles. The molecule has 1 unspecified atom stereocenters. The first kappa shape index (κ1) is 18.5. The van der Waals surface area contributed by atoms with Gasteiger partial charge in [0.2, 0.25) is 0 Å². The highest BCUT2D eigenvalue weighted by Crippen LogP contribution is 2.22. The first-order valence-corrected chi connectivity index (χ1v) is 7.87. The summed E-state index contributed by atoms with van der Waals surface area (Å²) in [4.78, 5) is 21.7. The summed E-state index contributed by atoms with van der Waals surface area (Å²) >= 11 is 0. The highest BCUT2D eigenvalue weighted by molar-refractivity contribution is 5.99. The lowest BCUT2D eigenvalue weighted by Crippen LogP contribution is -2.38. The Balaban J connectivity index is 2.14. The number of halogens is 3. The summed E-state index contributed by atoms with van der Waals surface area (Å²) < 4.78 is 37.9. The molecule has 0 aliphatic carbocycles. The lowest BCUT2D eigenvalue weighted by Gasteiger charge is -2.25. The SMILES string of the molecule is CC1CN(CC(F)(F)F)CCN(C(=O)c2cnccc2N(C)C)C1. The number of carbonyl (C=O) groups excluding carboxylic acids is 1. The maximum Gasteiger partial charge on any atom is 0.401 e. The molecule has 2 heterocycles. The first-order chi connectivity index (χ1) is 11.2. The Bertz CT molecular complexity index is 577. The summed E-state index contributed by atoms with van der Waals surface area (Å²) in [6.07, 6.45) is -1.09. The van der Waals surface area contributed by atoms with E-state index in [1.807, 2.05) is 25.9 Å². The van der Waals surface area contributed by atoms with Crippen LogP contribution in [0, 0.1) is 5.92 Å². The van der Waals surface area contributed by atoms with Crippen LogP contribution < -0.4 is 4.90 Å². The molecular formula is C16H23F3N4O. The van der Waals surface area contributed by atoms with Gasteiger partial charge in [-0.15, -0.1) is 0 Å². The van der Waals surface area contributed by atoms with Gasteiger partial charge in [0.1, 0.15) is 0 Å². The number of hydrogen-bond donors (Lipinski definition) is 0. The van der Waals surface area contributed by atoms with Gasteiger partial charge in [-0.2, -0.15) is 13.2 Å². The molecule has 0 spiro atoms. The van der Waals surface area contributed by atoms with Crippen molar-refractivity contribution in [1.82, 2.24) is 14.8 Å². The van der Waals surface area contributed by atoms with Crippen LogP contribution in [0.4, 0.5) is 18.9 Å². The predicted octanol–water partition coefficient (Wildman–Crippen LogP) is 2.10. The number of nitrogens with zero attached hydrogens (tertiary/aromatic N) is 4. The van der Waals surface area contributed by atoms with Crippen molar-refractivity contribution < 1.29 is 18.0 Å². The largest absolute Gasteiger partial charge is 0.401 e. The van der Waals surface area contributed by atoms with Crippen molar-refractivity contribution in [3.8, 4) is 0 Å². The van der Waals surface area contributed by atoms with Gasteiger partial charge in [-0.25, -0.2) is 0 Å². The van der Waals surface area contributed by atoms with E-state index in [0.29, 0.717) is 18.7 Å². The van der Waals surface area contributed by atoms with Crippen molar-refractivity contribution in [2.24, 2.45) is 5.92 Å². The Hall–Kier alpha value is -1.83. The summed E-state index contributed by atoms with van der Waals surface area (Å²) in [6, 6.07) is 1.75. The molecule has 0 bridgehead atoms. The summed E-state index contributed by atoms with van der Waals surface area (Å²) in [5, 5.41) is 0. The second-order valence-electron chi connectivity index (χ2n) is 6.49. The maximum absolute atomic E-state index is 12.8. The molecule has 134 valence electrons. The van der Waals surface area contributed by atoms with E-state index in [9.17, 15) is 18.0 Å². The second-order valence-corrected chi connectivity index (χ2v) is 6.49. The van der Waals surface area contributed by atoms with Gasteiger partial charge >= 0.3 is 6.18 Å². The van der Waals surface area contributed by atoms with Crippen LogP contribution in [0.25, 0.3) is 0 Å². The number of carbonyl (C=O) groups is 1. The zero-order chi connectivity index (χ0) is 17.9. The van der Waals surface area contributed by atoms with Gasteiger partial charge in [-0.3, -0.25) is 14.7 Å². The summed E-state index contributed by atoms with van der Waals surface area (Å²) in [6.45, 7) is 2.19. The molecule has 0 saturated carbocycles. The van der Waals surface area contributed by atoms with Crippen molar-refractivity contribution in [3.05, 3.63) is 24.0 Å². The molecule has 1 saturated heterocycles. The van der Waals surface area contributed by atoms with E-state index in [1.165, 1.54) is 11.1 Å². The van der Waals surface area contributed by atoms with Crippen LogP contribution in [0.3, 0.4) is 0 Å². The van der Waals surface area contributed by atoms with Crippen molar-refractivity contribution in [1.29, 1.82) is 0 Å². The van der Waals surface area contributed by atoms with Crippen LogP contribution >= 0.6 is 0 Å². The fraction of sp³-hybridized carbons (Fsp3) is 0.625. The van der Waals surface area contributed by atoms with E-state index in [1.54, 1.807) is 17.2 Å². The fourth-order valence-electron chi connectivity index (χ4n) is 3.01. The minimum atomic E-state index is -4.22. The van der Waals surface area contributed by atoms with E-state index < -0.39 is 12.7 Å². The van der Waals surface area contributed by atoms with Gasteiger partial charge in [-0.05, 0) is 12.0 Å². The molecule has 0 aromatic carbocycles. The number of aromatic nitrogens is 1. The fourth-order valence-corrected chi connectivity index (χ4v) is 3.01. The van der Waals surface area contributed by atoms with Gasteiger partial charge in [-0.1, -0.05) is 6.92 Å². The van der Waals surface area contributed by atoms with Crippen molar-refractivity contribution in [2.75, 3.05) is 51.7 Å². The number of pyridine rings is 1. The molecule has 0 radical (unpaired) electrons. The molecular weight excluding hydrogens is 321 g/mol. The number of alkyl halides is 3. The molecule has 0 N–H and O–H groups in total. The molecule has 1 aliphatic rings. The monoisotopic (exact) mass is 344 g/mol. The molecule has 24 heavy (non-hydrogen) atoms. The van der Waals surface area contributed by atoms with Crippen molar-refractivity contribution in [2.45, 2.75) is 13.1 Å².